The zero-order valence-corrected chi connectivity index (χ0v) is 25.1. The fourth-order valence-electron chi connectivity index (χ4n) is 5.96. The number of nitrogens with one attached hydrogen (secondary N) is 3. The maximum atomic E-state index is 13.8. The van der Waals surface area contributed by atoms with Crippen LogP contribution in [0.4, 0.5) is 10.5 Å². The van der Waals surface area contributed by atoms with E-state index in [1.54, 1.807) is 37.1 Å². The normalized spacial score (nSPS) is 30.8. The summed E-state index contributed by atoms with van der Waals surface area (Å²) < 4.78 is 32.6. The van der Waals surface area contributed by atoms with Crippen LogP contribution in [0.2, 0.25) is 0 Å². The predicted octanol–water partition coefficient (Wildman–Crippen LogP) is 2.57. The lowest BCUT2D eigenvalue weighted by Gasteiger charge is -2.27. The van der Waals surface area contributed by atoms with E-state index in [0.717, 1.165) is 19.3 Å². The summed E-state index contributed by atoms with van der Waals surface area (Å²) in [4.78, 5) is 55.1. The first-order valence-electron chi connectivity index (χ1n) is 14.7. The van der Waals surface area contributed by atoms with Gasteiger partial charge in [-0.05, 0) is 76.5 Å². The van der Waals surface area contributed by atoms with Crippen LogP contribution in [0.5, 0.6) is 0 Å². The molecule has 12 nitrogen and oxygen atoms in total. The lowest BCUT2D eigenvalue weighted by Crippen LogP contribution is -2.55. The Labute approximate surface area is 251 Å². The van der Waals surface area contributed by atoms with Gasteiger partial charge in [0, 0.05) is 25.2 Å². The molecule has 3 aliphatic carbocycles. The van der Waals surface area contributed by atoms with Crippen LogP contribution >= 0.6 is 0 Å². The molecule has 3 saturated carbocycles. The molecule has 3 N–H and O–H groups in total. The minimum atomic E-state index is -3.93. The van der Waals surface area contributed by atoms with Crippen molar-refractivity contribution in [1.29, 1.82) is 5.26 Å². The first-order chi connectivity index (χ1) is 20.4. The molecule has 4 amide bonds. The second kappa shape index (κ2) is 11.6. The van der Waals surface area contributed by atoms with Crippen molar-refractivity contribution >= 4 is 39.5 Å². The number of rotatable bonds is 5. The standard InChI is InChI=1S/C30H37N5O7S/c1-29(11-12-29)43(40,41)34-27(38)30-17-20(30)9-5-3-4-6-13-35(2)26(37)24-16-22(15-23(24)25(36)33-30)42-28(39)32-21-10-7-8-19(14-21)18-31/h5,7-10,14,20,22-24H,3-4,6,11-13,15-17H2,1-2H3,(H,32,39)(H,33,36)(H,34,38)/b9-5-/t20-,22-,23-,24-,30-/m1/s1. The van der Waals surface area contributed by atoms with E-state index in [4.69, 9.17) is 10.00 Å². The van der Waals surface area contributed by atoms with Crippen LogP contribution in [0.1, 0.15) is 63.9 Å². The topological polar surface area (TPSA) is 175 Å². The van der Waals surface area contributed by atoms with Gasteiger partial charge in [-0.1, -0.05) is 18.2 Å². The Morgan fingerprint density at radius 2 is 1.91 bits per heavy atom. The van der Waals surface area contributed by atoms with Gasteiger partial charge in [0.15, 0.2) is 0 Å². The molecule has 0 unspecified atom stereocenters. The number of benzene rings is 1. The minimum absolute atomic E-state index is 0.0519. The molecule has 3 fully saturated rings. The number of anilines is 1. The molecule has 230 valence electrons. The maximum absolute atomic E-state index is 13.8. The molecule has 0 bridgehead atoms. The first kappa shape index (κ1) is 30.5. The third-order valence-electron chi connectivity index (χ3n) is 9.14. The molecule has 0 spiro atoms. The molecule has 0 saturated heterocycles. The fraction of sp³-hybridized carbons (Fsp3) is 0.567. The Morgan fingerprint density at radius 3 is 2.63 bits per heavy atom. The van der Waals surface area contributed by atoms with Crippen molar-refractivity contribution in [3.63, 3.8) is 0 Å². The number of sulfonamides is 1. The quantitative estimate of drug-likeness (QED) is 0.426. The van der Waals surface area contributed by atoms with Crippen molar-refractivity contribution in [2.24, 2.45) is 17.8 Å². The minimum Gasteiger partial charge on any atom is -0.446 e. The van der Waals surface area contributed by atoms with Gasteiger partial charge in [-0.2, -0.15) is 5.26 Å². The second-order valence-electron chi connectivity index (χ2n) is 12.4. The van der Waals surface area contributed by atoms with E-state index in [9.17, 15) is 27.6 Å². The Kier molecular flexibility index (Phi) is 8.26. The van der Waals surface area contributed by atoms with Gasteiger partial charge in [0.1, 0.15) is 11.6 Å². The zero-order chi connectivity index (χ0) is 31.0. The number of nitriles is 1. The van der Waals surface area contributed by atoms with Gasteiger partial charge in [0.05, 0.1) is 28.2 Å². The Balaban J connectivity index is 1.35. The van der Waals surface area contributed by atoms with Crippen LogP contribution in [-0.2, 0) is 29.1 Å². The van der Waals surface area contributed by atoms with Crippen LogP contribution in [0, 0.1) is 29.1 Å². The second-order valence-corrected chi connectivity index (χ2v) is 14.6. The van der Waals surface area contributed by atoms with Crippen molar-refractivity contribution in [2.75, 3.05) is 18.9 Å². The third-order valence-corrected chi connectivity index (χ3v) is 11.3. The smallest absolute Gasteiger partial charge is 0.411 e. The van der Waals surface area contributed by atoms with Crippen molar-refractivity contribution in [2.45, 2.75) is 74.7 Å². The van der Waals surface area contributed by atoms with E-state index in [1.165, 1.54) is 6.07 Å². The number of fused-ring (bicyclic) bond motifs is 2. The SMILES string of the molecule is CN1CCCC/C=C\[C@@H]2C[C@@]2(C(=O)NS(=O)(=O)C2(C)CC2)NC(=O)[C@@H]2C[C@@H](OC(=O)Nc3cccc(C#N)c3)C[C@H]2C1=O. The van der Waals surface area contributed by atoms with Gasteiger partial charge in [0.25, 0.3) is 5.91 Å². The molecule has 13 heteroatoms. The monoisotopic (exact) mass is 611 g/mol. The van der Waals surface area contributed by atoms with E-state index < -0.39 is 56.2 Å². The van der Waals surface area contributed by atoms with E-state index in [2.05, 4.69) is 15.4 Å². The van der Waals surface area contributed by atoms with Crippen molar-refractivity contribution in [3.8, 4) is 6.07 Å². The highest BCUT2D eigenvalue weighted by Crippen LogP contribution is 2.48. The first-order valence-corrected chi connectivity index (χ1v) is 16.1. The summed E-state index contributed by atoms with van der Waals surface area (Å²) in [6.07, 6.45) is 5.83. The maximum Gasteiger partial charge on any atom is 0.411 e. The number of hydrogen-bond acceptors (Lipinski definition) is 8. The number of amides is 4. The molecular formula is C30H37N5O7S. The summed E-state index contributed by atoms with van der Waals surface area (Å²) in [5.41, 5.74) is -0.722. The average Bonchev–Trinajstić information content (AvgIpc) is 3.84. The van der Waals surface area contributed by atoms with Gasteiger partial charge in [-0.25, -0.2) is 13.2 Å². The molecule has 0 aromatic heterocycles. The van der Waals surface area contributed by atoms with Crippen LogP contribution in [0.15, 0.2) is 36.4 Å². The van der Waals surface area contributed by atoms with Crippen LogP contribution in [-0.4, -0.2) is 67.1 Å². The third kappa shape index (κ3) is 6.39. The number of carbonyl (C=O) groups is 4. The highest BCUT2D eigenvalue weighted by atomic mass is 32.2. The number of carbonyl (C=O) groups excluding carboxylic acids is 4. The summed E-state index contributed by atoms with van der Waals surface area (Å²) in [6, 6.07) is 8.31. The molecule has 0 radical (unpaired) electrons. The van der Waals surface area contributed by atoms with Gasteiger partial charge in [-0.15, -0.1) is 0 Å². The number of nitrogens with zero attached hydrogens (tertiary/aromatic N) is 2. The molecule has 1 heterocycles. The highest BCUT2D eigenvalue weighted by Gasteiger charge is 2.63. The van der Waals surface area contributed by atoms with E-state index in [-0.39, 0.29) is 31.1 Å². The van der Waals surface area contributed by atoms with E-state index in [0.29, 0.717) is 30.6 Å². The fourth-order valence-corrected chi connectivity index (χ4v) is 7.27. The van der Waals surface area contributed by atoms with E-state index >= 15 is 0 Å². The Hall–Kier alpha value is -3.92. The largest absolute Gasteiger partial charge is 0.446 e. The summed E-state index contributed by atoms with van der Waals surface area (Å²) in [5, 5.41) is 14.5. The molecule has 4 aliphatic rings. The van der Waals surface area contributed by atoms with E-state index in [1.807, 2.05) is 18.2 Å². The lowest BCUT2D eigenvalue weighted by molar-refractivity contribution is -0.140. The van der Waals surface area contributed by atoms with Crippen LogP contribution < -0.4 is 15.4 Å². The molecule has 1 aliphatic heterocycles. The van der Waals surface area contributed by atoms with Crippen molar-refractivity contribution in [1.82, 2.24) is 14.9 Å². The summed E-state index contributed by atoms with van der Waals surface area (Å²) >= 11 is 0. The average molecular weight is 612 g/mol. The van der Waals surface area contributed by atoms with Crippen LogP contribution in [0.3, 0.4) is 0 Å². The molecule has 1 aromatic carbocycles. The molecule has 5 atom stereocenters. The Bertz CT molecular complexity index is 1500. The predicted molar refractivity (Wildman–Crippen MR) is 156 cm³/mol. The van der Waals surface area contributed by atoms with Crippen LogP contribution in [0.25, 0.3) is 0 Å². The Morgan fingerprint density at radius 1 is 1.16 bits per heavy atom. The van der Waals surface area contributed by atoms with Gasteiger partial charge < -0.3 is 15.0 Å². The number of ether oxygens (including phenoxy) is 1. The molecule has 1 aromatic rings. The van der Waals surface area contributed by atoms with Crippen molar-refractivity contribution in [3.05, 3.63) is 42.0 Å². The zero-order valence-electron chi connectivity index (χ0n) is 24.3. The summed E-state index contributed by atoms with van der Waals surface area (Å²) in [6.45, 7) is 2.09. The van der Waals surface area contributed by atoms with Gasteiger partial charge >= 0.3 is 6.09 Å². The lowest BCUT2D eigenvalue weighted by atomic mass is 9.93. The van der Waals surface area contributed by atoms with Gasteiger partial charge in [0.2, 0.25) is 21.8 Å². The summed E-state index contributed by atoms with van der Waals surface area (Å²) in [7, 11) is -2.25. The molecular weight excluding hydrogens is 574 g/mol. The molecule has 5 rings (SSSR count). The number of hydrogen-bond donors (Lipinski definition) is 3. The summed E-state index contributed by atoms with van der Waals surface area (Å²) in [5.74, 6) is -3.67. The highest BCUT2D eigenvalue weighted by molar-refractivity contribution is 7.91. The van der Waals surface area contributed by atoms with Crippen molar-refractivity contribution < 1.29 is 32.3 Å². The molecule has 43 heavy (non-hydrogen) atoms. The van der Waals surface area contributed by atoms with Gasteiger partial charge in [-0.3, -0.25) is 24.4 Å². The number of allylic oxidation sites excluding steroid dienone is 1.